The highest BCUT2D eigenvalue weighted by molar-refractivity contribution is 8.17. The summed E-state index contributed by atoms with van der Waals surface area (Å²) in [5.74, 6) is 33.4. The molecule has 1 rings (SSSR count). The van der Waals surface area contributed by atoms with E-state index in [1.165, 1.54) is 51.4 Å². The zero-order chi connectivity index (χ0) is 52.7. The summed E-state index contributed by atoms with van der Waals surface area (Å²) >= 11 is 0.955. The van der Waals surface area contributed by atoms with E-state index in [0.29, 0.717) is 12.8 Å². The van der Waals surface area contributed by atoms with Crippen LogP contribution >= 0.6 is 35.2 Å². The fourth-order valence-corrected chi connectivity index (χ4v) is 8.42. The average molecular weight is 1090 g/mol. The number of carbonyl (C=O) groups excluding carboxylic acids is 2. The highest BCUT2D eigenvalue weighted by Crippen LogP contribution is 2.51. The van der Waals surface area contributed by atoms with Crippen molar-refractivity contribution in [3.05, 3.63) is 0 Å². The third kappa shape index (κ3) is 36.1. The second-order valence-electron chi connectivity index (χ2n) is 14.6. The molecule has 0 saturated heterocycles. The lowest BCUT2D eigenvalue weighted by Gasteiger charge is -2.44. The Kier molecular flexibility index (Phi) is 37.5. The van der Waals surface area contributed by atoms with Crippen molar-refractivity contribution in [3.63, 3.8) is 0 Å². The minimum Gasteiger partial charge on any atom is -0.457 e. The Balaban J connectivity index is -0.0000000804. The van der Waals surface area contributed by atoms with E-state index in [-0.39, 0.29) is 32.9 Å². The van der Waals surface area contributed by atoms with Gasteiger partial charge in [0.1, 0.15) is 49.5 Å². The highest BCUT2D eigenvalue weighted by atomic mass is 32.2. The molecule has 416 valence electrons. The number of phosphoric acid groups is 3. The Morgan fingerprint density at radius 1 is 0.571 bits per heavy atom. The van der Waals surface area contributed by atoms with Crippen molar-refractivity contribution in [1.82, 2.24) is 0 Å². The lowest BCUT2D eigenvalue weighted by molar-refractivity contribution is -0.213. The zero-order valence-corrected chi connectivity index (χ0v) is 42.3. The molecule has 1 fully saturated rings. The van der Waals surface area contributed by atoms with Crippen LogP contribution in [0.3, 0.4) is 0 Å². The molecule has 0 spiro atoms. The van der Waals surface area contributed by atoms with E-state index in [2.05, 4.69) is 104 Å². The van der Waals surface area contributed by atoms with Crippen LogP contribution in [-0.2, 0) is 50.9 Å². The molecule has 0 aromatic heterocycles. The normalized spacial score (nSPS) is 19.2. The molecule has 9 N–H and O–H groups in total. The van der Waals surface area contributed by atoms with Crippen LogP contribution in [0, 0.1) is 94.6 Å². The predicted octanol–water partition coefficient (Wildman–Crippen LogP) is 7.25. The monoisotopic (exact) mass is 1090 g/mol. The molecule has 1 aliphatic rings. The number of esters is 1. The Hall–Kier alpha value is -3.90. The van der Waals surface area contributed by atoms with E-state index >= 15 is 0 Å². The van der Waals surface area contributed by atoms with Gasteiger partial charge in [-0.3, -0.25) is 27.7 Å². The molecular weight excluding hydrogens is 997 g/mol. The summed E-state index contributed by atoms with van der Waals surface area (Å²) in [5, 5.41) is 42.8. The molecule has 0 amide bonds. The summed E-state index contributed by atoms with van der Waals surface area (Å²) in [4.78, 5) is 70.2. The first-order chi connectivity index (χ1) is 33.2. The fraction of sp³-hybridized carbons (Fsp3) is 0.609. The maximum atomic E-state index is 12.7. The molecule has 1 aliphatic carbocycles. The second-order valence-corrected chi connectivity index (χ2v) is 19.3. The molecule has 24 heteroatoms. The van der Waals surface area contributed by atoms with E-state index in [0.717, 1.165) is 43.9 Å². The Labute approximate surface area is 436 Å². The van der Waals surface area contributed by atoms with Crippen LogP contribution in [0.2, 0.25) is 0 Å². The van der Waals surface area contributed by atoms with Gasteiger partial charge in [-0.05, 0) is 101 Å². The number of carbonyl (C=O) groups is 2. The number of terminal acetylenes is 1. The SMILES string of the molecule is C#CC#CC#CC#CC#CC#CC#CC#CSC(=O)CCC.CCCCCCCCCCCCCCCC(=O)O[C@H](COCO)COP(=O)(O)OC1C(O)[C@H](OP(=O)(O)O)C(O)C(OP(=O)(O)O)[C@@H]1O.[HH].[HH].[HH].[HH].[HH].[HH].[HH].[HH].[HH].[HH].[HH].[HH].[HH].[HH].[HH]. The van der Waals surface area contributed by atoms with Crippen molar-refractivity contribution < 1.29 is 117 Å². The third-order valence-electron chi connectivity index (χ3n) is 8.89. The number of ether oxygens (including phenoxy) is 2. The number of phosphoric ester groups is 3. The molecule has 0 bridgehead atoms. The molecule has 0 aromatic rings. The van der Waals surface area contributed by atoms with Gasteiger partial charge in [0.2, 0.25) is 5.12 Å². The Morgan fingerprint density at radius 3 is 1.37 bits per heavy atom. The molecule has 0 aromatic carbocycles. The van der Waals surface area contributed by atoms with Crippen LogP contribution in [0.1, 0.15) is 138 Å². The first-order valence-electron chi connectivity index (χ1n) is 21.9. The standard InChI is InChI=1S/C26H53O19P3.C20H8OS.15H2/c1-2-3-4-5-6-7-8-9-10-11-12-13-14-15-20(28)42-19(16-40-18-27)17-41-48(38,39)45-26-22(30)24(43-46(32,33)34)21(29)25(23(26)31)44-47(35,36)37;1-3-5-6-7-8-9-10-11-12-13-14-15-16-17-19-22-20(21)18-4-2;;;;;;;;;;;;;;;/h19,21-27,29-31H,2-18H2,1H3,(H,38,39)(H2,32,33,34)(H2,35,36,37);1H,4,18H2,2H3;15*1H/t19-,21?,22+,23?,24?,25-,26?;;;;;;;;;;;;;;;;/m1................/s1. The van der Waals surface area contributed by atoms with Crippen molar-refractivity contribution in [3.8, 4) is 94.6 Å². The van der Waals surface area contributed by atoms with Crippen molar-refractivity contribution in [1.29, 1.82) is 0 Å². The van der Waals surface area contributed by atoms with Crippen LogP contribution < -0.4 is 0 Å². The van der Waals surface area contributed by atoms with Gasteiger partial charge in [-0.1, -0.05) is 90.9 Å². The minimum absolute atomic E-state index is 0. The number of hydrogen-bond acceptors (Lipinski definition) is 16. The number of unbranched alkanes of at least 4 members (excludes halogenated alkanes) is 12. The molecular formula is C46H91O20P3S. The van der Waals surface area contributed by atoms with Crippen molar-refractivity contribution in [2.75, 3.05) is 20.0 Å². The molecule has 0 heterocycles. The molecule has 70 heavy (non-hydrogen) atoms. The summed E-state index contributed by atoms with van der Waals surface area (Å²) in [7, 11) is -16.4. The summed E-state index contributed by atoms with van der Waals surface area (Å²) in [6, 6.07) is 0. The number of rotatable bonds is 29. The summed E-state index contributed by atoms with van der Waals surface area (Å²) < 4.78 is 63.4. The van der Waals surface area contributed by atoms with Gasteiger partial charge in [0, 0.05) is 46.0 Å². The maximum absolute atomic E-state index is 12.7. The average Bonchev–Trinajstić information content (AvgIpc) is 3.29. The van der Waals surface area contributed by atoms with Crippen molar-refractivity contribution >= 4 is 46.3 Å². The van der Waals surface area contributed by atoms with Crippen molar-refractivity contribution in [2.24, 2.45) is 0 Å². The van der Waals surface area contributed by atoms with Gasteiger partial charge in [-0.25, -0.2) is 13.7 Å². The molecule has 1 saturated carbocycles. The van der Waals surface area contributed by atoms with Crippen LogP contribution in [0.5, 0.6) is 0 Å². The molecule has 5 unspecified atom stereocenters. The van der Waals surface area contributed by atoms with E-state index in [9.17, 15) is 43.5 Å². The number of hydrogen-bond donors (Lipinski definition) is 9. The van der Waals surface area contributed by atoms with Gasteiger partial charge in [0.05, 0.1) is 13.2 Å². The summed E-state index contributed by atoms with van der Waals surface area (Å²) in [6.45, 7) is 1.96. The first-order valence-corrected chi connectivity index (χ1v) is 27.3. The number of aliphatic hydroxyl groups is 4. The number of thioether (sulfide) groups is 1. The molecule has 0 radical (unpaired) electrons. The Morgan fingerprint density at radius 2 is 0.971 bits per heavy atom. The lowest BCUT2D eigenvalue weighted by atomic mass is 9.85. The molecule has 8 atom stereocenters. The van der Waals surface area contributed by atoms with Gasteiger partial charge in [0.25, 0.3) is 0 Å². The van der Waals surface area contributed by atoms with Gasteiger partial charge >= 0.3 is 29.4 Å². The van der Waals surface area contributed by atoms with E-state index in [1.807, 2.05) is 6.92 Å². The van der Waals surface area contributed by atoms with E-state index in [1.54, 1.807) is 0 Å². The van der Waals surface area contributed by atoms with E-state index in [4.69, 9.17) is 49.6 Å². The van der Waals surface area contributed by atoms with Gasteiger partial charge in [0.15, 0.2) is 0 Å². The first kappa shape index (κ1) is 66.1. The Bertz CT molecular complexity index is 2260. The van der Waals surface area contributed by atoms with Gasteiger partial charge < -0.3 is 54.4 Å². The quantitative estimate of drug-likeness (QED) is 0.0117. The largest absolute Gasteiger partial charge is 0.472 e. The summed E-state index contributed by atoms with van der Waals surface area (Å²) in [5.41, 5.74) is 0. The maximum Gasteiger partial charge on any atom is 0.472 e. The van der Waals surface area contributed by atoms with Crippen LogP contribution in [-0.4, -0.2) is 119 Å². The van der Waals surface area contributed by atoms with Crippen LogP contribution in [0.25, 0.3) is 0 Å². The topological polar surface area (TPSA) is 323 Å². The fourth-order valence-electron chi connectivity index (χ4n) is 5.79. The lowest BCUT2D eigenvalue weighted by Crippen LogP contribution is -2.65. The van der Waals surface area contributed by atoms with Crippen molar-refractivity contribution in [2.45, 2.75) is 159 Å². The third-order valence-corrected chi connectivity index (χ3v) is 11.5. The minimum atomic E-state index is -5.51. The number of aliphatic hydroxyl groups excluding tert-OH is 4. The predicted molar refractivity (Wildman–Crippen MR) is 288 cm³/mol. The zero-order valence-electron chi connectivity index (χ0n) is 38.8. The van der Waals surface area contributed by atoms with Gasteiger partial charge in [-0.15, -0.1) is 6.42 Å². The highest BCUT2D eigenvalue weighted by Gasteiger charge is 2.56. The van der Waals surface area contributed by atoms with Gasteiger partial charge in [-0.2, -0.15) is 0 Å². The smallest absolute Gasteiger partial charge is 0.457 e. The second kappa shape index (κ2) is 39.7. The summed E-state index contributed by atoms with van der Waals surface area (Å²) in [6.07, 6.45) is 4.49. The molecule has 0 aliphatic heterocycles. The van der Waals surface area contributed by atoms with E-state index < -0.39 is 92.2 Å². The van der Waals surface area contributed by atoms with Crippen LogP contribution in [0.4, 0.5) is 0 Å². The van der Waals surface area contributed by atoms with Crippen LogP contribution in [0.15, 0.2) is 0 Å². The molecule has 20 nitrogen and oxygen atoms in total.